The molecule has 0 N–H and O–H groups in total. The van der Waals surface area contributed by atoms with Crippen LogP contribution in [0.25, 0.3) is 0 Å². The molecule has 1 aliphatic rings. The highest BCUT2D eigenvalue weighted by Crippen LogP contribution is 2.54. The van der Waals surface area contributed by atoms with E-state index in [1.165, 1.54) is 11.8 Å². The third kappa shape index (κ3) is 3.45. The van der Waals surface area contributed by atoms with Crippen LogP contribution < -0.4 is 0 Å². The highest BCUT2D eigenvalue weighted by Gasteiger charge is 2.61. The van der Waals surface area contributed by atoms with Gasteiger partial charge < -0.3 is 9.29 Å². The van der Waals surface area contributed by atoms with Crippen LogP contribution in [-0.2, 0) is 22.5 Å². The fourth-order valence-electron chi connectivity index (χ4n) is 2.41. The van der Waals surface area contributed by atoms with E-state index >= 15 is 0 Å². The second kappa shape index (κ2) is 6.04. The molecular formula is C14H19FO2S2. The van der Waals surface area contributed by atoms with Crippen LogP contribution in [0, 0.1) is 0 Å². The Labute approximate surface area is 121 Å². The smallest absolute Gasteiger partial charge is 0.176 e. The van der Waals surface area contributed by atoms with E-state index in [1.54, 1.807) is 6.26 Å². The fraction of sp³-hybridized carbons (Fsp3) is 0.571. The first-order valence-corrected chi connectivity index (χ1v) is 8.97. The van der Waals surface area contributed by atoms with Gasteiger partial charge in [0.2, 0.25) is 0 Å². The number of halogens is 1. The number of hydrogen-bond acceptors (Lipinski definition) is 3. The van der Waals surface area contributed by atoms with E-state index in [-0.39, 0.29) is 6.61 Å². The second-order valence-electron chi connectivity index (χ2n) is 5.05. The molecule has 5 heteroatoms. The van der Waals surface area contributed by atoms with Gasteiger partial charge in [0, 0.05) is 12.8 Å². The molecule has 19 heavy (non-hydrogen) atoms. The normalized spacial score (nSPS) is 31.8. The Morgan fingerprint density at radius 1 is 1.37 bits per heavy atom. The van der Waals surface area contributed by atoms with Crippen LogP contribution in [0.5, 0.6) is 0 Å². The first kappa shape index (κ1) is 15.2. The van der Waals surface area contributed by atoms with Crippen LogP contribution in [0.3, 0.4) is 0 Å². The molecule has 0 bridgehead atoms. The summed E-state index contributed by atoms with van der Waals surface area (Å²) in [6, 6.07) is 9.73. The molecule has 0 radical (unpaired) electrons. The van der Waals surface area contributed by atoms with Crippen LogP contribution in [0.1, 0.15) is 18.4 Å². The van der Waals surface area contributed by atoms with Crippen molar-refractivity contribution >= 4 is 22.9 Å². The van der Waals surface area contributed by atoms with E-state index < -0.39 is 20.9 Å². The Hall–Kier alpha value is -0.230. The molecule has 1 aromatic rings. The number of rotatable bonds is 6. The first-order chi connectivity index (χ1) is 9.00. The Bertz CT molecular complexity index is 405. The van der Waals surface area contributed by atoms with E-state index in [1.807, 2.05) is 36.6 Å². The van der Waals surface area contributed by atoms with Gasteiger partial charge in [-0.05, 0) is 23.0 Å². The second-order valence-corrected chi connectivity index (χ2v) is 8.19. The fourth-order valence-corrected chi connectivity index (χ4v) is 5.08. The third-order valence-electron chi connectivity index (χ3n) is 3.54. The van der Waals surface area contributed by atoms with Gasteiger partial charge >= 0.3 is 0 Å². The molecule has 0 amide bonds. The SMILES string of the molecule is CSC1([S+](C)[O-])CC(F)(COCc2ccccc2)C1. The summed E-state index contributed by atoms with van der Waals surface area (Å²) in [5, 5.41) is 0. The Morgan fingerprint density at radius 3 is 2.53 bits per heavy atom. The van der Waals surface area contributed by atoms with E-state index in [2.05, 4.69) is 0 Å². The standard InChI is InChI=1S/C14H19FO2S2/c1-18-14(19(2)16)9-13(15,10-14)11-17-8-12-6-4-3-5-7-12/h3-7H,8-11H2,1-2H3. The minimum absolute atomic E-state index is 0.0847. The quantitative estimate of drug-likeness (QED) is 0.757. The van der Waals surface area contributed by atoms with Crippen LogP contribution in [0.4, 0.5) is 4.39 Å². The van der Waals surface area contributed by atoms with Gasteiger partial charge in [-0.25, -0.2) is 4.39 Å². The van der Waals surface area contributed by atoms with Gasteiger partial charge in [-0.15, -0.1) is 11.8 Å². The molecule has 1 unspecified atom stereocenters. The van der Waals surface area contributed by atoms with E-state index in [9.17, 15) is 8.94 Å². The Morgan fingerprint density at radius 2 is 2.00 bits per heavy atom. The summed E-state index contributed by atoms with van der Waals surface area (Å²) < 4.78 is 31.1. The summed E-state index contributed by atoms with van der Waals surface area (Å²) in [7, 11) is 0. The van der Waals surface area contributed by atoms with Gasteiger partial charge in [-0.1, -0.05) is 30.3 Å². The van der Waals surface area contributed by atoms with Gasteiger partial charge in [0.15, 0.2) is 4.08 Å². The van der Waals surface area contributed by atoms with Crippen molar-refractivity contribution in [3.8, 4) is 0 Å². The van der Waals surface area contributed by atoms with Gasteiger partial charge in [0.25, 0.3) is 0 Å². The highest BCUT2D eigenvalue weighted by molar-refractivity contribution is 8.14. The van der Waals surface area contributed by atoms with E-state index in [0.29, 0.717) is 19.4 Å². The molecule has 2 rings (SSSR count). The molecule has 0 aromatic heterocycles. The first-order valence-electron chi connectivity index (χ1n) is 6.19. The van der Waals surface area contributed by atoms with Gasteiger partial charge in [0.1, 0.15) is 5.67 Å². The van der Waals surface area contributed by atoms with Gasteiger partial charge in [-0.2, -0.15) is 0 Å². The van der Waals surface area contributed by atoms with Crippen molar-refractivity contribution in [3.63, 3.8) is 0 Å². The largest absolute Gasteiger partial charge is 0.615 e. The lowest BCUT2D eigenvalue weighted by molar-refractivity contribution is -0.0434. The van der Waals surface area contributed by atoms with Crippen LogP contribution in [-0.4, -0.2) is 33.4 Å². The molecule has 0 spiro atoms. The molecular weight excluding hydrogens is 283 g/mol. The average Bonchev–Trinajstić information content (AvgIpc) is 2.36. The molecule has 0 heterocycles. The van der Waals surface area contributed by atoms with Crippen molar-refractivity contribution in [2.75, 3.05) is 19.1 Å². The molecule has 2 nitrogen and oxygen atoms in total. The summed E-state index contributed by atoms with van der Waals surface area (Å²) in [5.41, 5.74) is -0.274. The number of alkyl halides is 1. The maximum absolute atomic E-state index is 14.4. The van der Waals surface area contributed by atoms with Crippen molar-refractivity contribution in [1.29, 1.82) is 0 Å². The lowest BCUT2D eigenvalue weighted by Crippen LogP contribution is -2.58. The van der Waals surface area contributed by atoms with Crippen LogP contribution in [0.15, 0.2) is 30.3 Å². The topological polar surface area (TPSA) is 32.3 Å². The summed E-state index contributed by atoms with van der Waals surface area (Å²) in [4.78, 5) is 0. The summed E-state index contributed by atoms with van der Waals surface area (Å²) in [6.07, 6.45) is 4.19. The predicted octanol–water partition coefficient (Wildman–Crippen LogP) is 3.14. The average molecular weight is 302 g/mol. The zero-order valence-corrected chi connectivity index (χ0v) is 12.9. The summed E-state index contributed by atoms with van der Waals surface area (Å²) in [5.74, 6) is 0. The Balaban J connectivity index is 1.79. The maximum Gasteiger partial charge on any atom is 0.176 e. The molecule has 106 valence electrons. The van der Waals surface area contributed by atoms with Crippen molar-refractivity contribution in [1.82, 2.24) is 0 Å². The molecule has 1 aromatic carbocycles. The molecule has 1 fully saturated rings. The molecule has 0 aliphatic heterocycles. The highest BCUT2D eigenvalue weighted by atomic mass is 32.3. The zero-order valence-electron chi connectivity index (χ0n) is 11.2. The van der Waals surface area contributed by atoms with Crippen molar-refractivity contribution < 1.29 is 13.7 Å². The predicted molar refractivity (Wildman–Crippen MR) is 79.5 cm³/mol. The number of benzene rings is 1. The summed E-state index contributed by atoms with van der Waals surface area (Å²) in [6.45, 7) is 0.509. The lowest BCUT2D eigenvalue weighted by atomic mass is 9.81. The minimum atomic E-state index is -1.32. The molecule has 1 atom stereocenters. The Kier molecular flexibility index (Phi) is 4.82. The van der Waals surface area contributed by atoms with Crippen molar-refractivity contribution in [2.24, 2.45) is 0 Å². The zero-order chi connectivity index (χ0) is 13.9. The monoisotopic (exact) mass is 302 g/mol. The lowest BCUT2D eigenvalue weighted by Gasteiger charge is -2.48. The number of ether oxygens (including phenoxy) is 1. The molecule has 1 saturated carbocycles. The van der Waals surface area contributed by atoms with Crippen molar-refractivity contribution in [2.45, 2.75) is 29.2 Å². The summed E-state index contributed by atoms with van der Waals surface area (Å²) >= 11 is 0.501. The number of hydrogen-bond donors (Lipinski definition) is 0. The minimum Gasteiger partial charge on any atom is -0.615 e. The maximum atomic E-state index is 14.4. The molecule has 1 aliphatic carbocycles. The van der Waals surface area contributed by atoms with E-state index in [4.69, 9.17) is 4.74 Å². The van der Waals surface area contributed by atoms with Crippen LogP contribution >= 0.6 is 11.8 Å². The van der Waals surface area contributed by atoms with E-state index in [0.717, 1.165) is 5.56 Å². The molecule has 0 saturated heterocycles. The third-order valence-corrected chi connectivity index (χ3v) is 7.11. The number of thioether (sulfide) groups is 1. The van der Waals surface area contributed by atoms with Crippen LogP contribution in [0.2, 0.25) is 0 Å². The van der Waals surface area contributed by atoms with Gasteiger partial charge in [0.05, 0.1) is 19.5 Å². The van der Waals surface area contributed by atoms with Gasteiger partial charge in [-0.3, -0.25) is 0 Å². The van der Waals surface area contributed by atoms with Crippen molar-refractivity contribution in [3.05, 3.63) is 35.9 Å².